The summed E-state index contributed by atoms with van der Waals surface area (Å²) in [7, 11) is 0. The molecule has 86 valence electrons. The van der Waals surface area contributed by atoms with Crippen LogP contribution in [0.3, 0.4) is 0 Å². The predicted octanol–water partition coefficient (Wildman–Crippen LogP) is 3.27. The fourth-order valence-corrected chi connectivity index (χ4v) is 1.13. The summed E-state index contributed by atoms with van der Waals surface area (Å²) in [5.41, 5.74) is -0.700. The van der Waals surface area contributed by atoms with Gasteiger partial charge in [-0.15, -0.1) is 0 Å². The third-order valence-electron chi connectivity index (χ3n) is 1.83. The number of rotatable bonds is 4. The van der Waals surface area contributed by atoms with E-state index < -0.39 is 11.7 Å². The second-order valence-corrected chi connectivity index (χ2v) is 3.00. The molecule has 0 amide bonds. The predicted molar refractivity (Wildman–Crippen MR) is 55.0 cm³/mol. The highest BCUT2D eigenvalue weighted by Gasteiger charge is 2.34. The monoisotopic (exact) mass is 229 g/mol. The van der Waals surface area contributed by atoms with Crippen molar-refractivity contribution in [1.82, 2.24) is 0 Å². The molecule has 1 rings (SSSR count). The number of alkyl halides is 3. The van der Waals surface area contributed by atoms with Gasteiger partial charge in [-0.1, -0.05) is 12.7 Å². The molecule has 0 aliphatic heterocycles. The van der Waals surface area contributed by atoms with E-state index in [4.69, 9.17) is 10.1 Å². The van der Waals surface area contributed by atoms with Crippen molar-refractivity contribution >= 4 is 6.21 Å². The van der Waals surface area contributed by atoms with Gasteiger partial charge in [-0.2, -0.15) is 13.2 Å². The van der Waals surface area contributed by atoms with Crippen LogP contribution in [0.25, 0.3) is 0 Å². The molecule has 0 atom stereocenters. The highest BCUT2D eigenvalue weighted by atomic mass is 19.4. The topological polar surface area (TPSA) is 33.1 Å². The minimum Gasteiger partial charge on any atom is -0.489 e. The highest BCUT2D eigenvalue weighted by molar-refractivity contribution is 5.77. The first-order valence-corrected chi connectivity index (χ1v) is 4.44. The number of hydrogen-bond donors (Lipinski definition) is 1. The van der Waals surface area contributed by atoms with E-state index in [2.05, 4.69) is 6.58 Å². The maximum absolute atomic E-state index is 12.6. The third-order valence-corrected chi connectivity index (χ3v) is 1.83. The lowest BCUT2D eigenvalue weighted by atomic mass is 10.1. The standard InChI is InChI=1S/C11H10F3NO/c1-2-5-16-10-4-3-8(7-15)6-9(10)11(12,13)14/h2-4,6-7,15H,1,5H2. The van der Waals surface area contributed by atoms with E-state index >= 15 is 0 Å². The molecule has 0 saturated heterocycles. The van der Waals surface area contributed by atoms with Crippen molar-refractivity contribution in [3.63, 3.8) is 0 Å². The third kappa shape index (κ3) is 2.85. The average Bonchev–Trinajstić information content (AvgIpc) is 2.25. The van der Waals surface area contributed by atoms with Gasteiger partial charge in [0.25, 0.3) is 0 Å². The fraction of sp³-hybridized carbons (Fsp3) is 0.182. The Morgan fingerprint density at radius 3 is 2.56 bits per heavy atom. The van der Waals surface area contributed by atoms with Gasteiger partial charge in [-0.3, -0.25) is 0 Å². The molecule has 2 nitrogen and oxygen atoms in total. The highest BCUT2D eigenvalue weighted by Crippen LogP contribution is 2.36. The van der Waals surface area contributed by atoms with Crippen molar-refractivity contribution in [2.75, 3.05) is 6.61 Å². The van der Waals surface area contributed by atoms with Gasteiger partial charge in [0.1, 0.15) is 12.4 Å². The van der Waals surface area contributed by atoms with Crippen molar-refractivity contribution in [2.45, 2.75) is 6.18 Å². The Bertz CT molecular complexity index is 399. The van der Waals surface area contributed by atoms with Crippen LogP contribution in [-0.4, -0.2) is 12.8 Å². The molecule has 16 heavy (non-hydrogen) atoms. The molecule has 1 N–H and O–H groups in total. The van der Waals surface area contributed by atoms with Crippen molar-refractivity contribution in [1.29, 1.82) is 5.41 Å². The fourth-order valence-electron chi connectivity index (χ4n) is 1.13. The minimum atomic E-state index is -4.49. The van der Waals surface area contributed by atoms with E-state index in [1.807, 2.05) is 0 Å². The van der Waals surface area contributed by atoms with E-state index in [-0.39, 0.29) is 17.9 Å². The van der Waals surface area contributed by atoms with Gasteiger partial charge < -0.3 is 10.1 Å². The van der Waals surface area contributed by atoms with Crippen molar-refractivity contribution < 1.29 is 17.9 Å². The maximum atomic E-state index is 12.6. The molecule has 0 spiro atoms. The van der Waals surface area contributed by atoms with Crippen LogP contribution in [0.15, 0.2) is 30.9 Å². The van der Waals surface area contributed by atoms with E-state index in [1.54, 1.807) is 0 Å². The Morgan fingerprint density at radius 1 is 1.38 bits per heavy atom. The van der Waals surface area contributed by atoms with Crippen LogP contribution in [0.2, 0.25) is 0 Å². The SMILES string of the molecule is C=CCOc1ccc(C=N)cc1C(F)(F)F. The quantitative estimate of drug-likeness (QED) is 0.623. The van der Waals surface area contributed by atoms with Crippen molar-refractivity contribution in [3.05, 3.63) is 42.0 Å². The van der Waals surface area contributed by atoms with Crippen LogP contribution in [0.5, 0.6) is 5.75 Å². The Balaban J connectivity index is 3.16. The Kier molecular flexibility index (Phi) is 3.71. The van der Waals surface area contributed by atoms with Crippen molar-refractivity contribution in [2.24, 2.45) is 0 Å². The molecule has 0 radical (unpaired) electrons. The number of hydrogen-bond acceptors (Lipinski definition) is 2. The summed E-state index contributed by atoms with van der Waals surface area (Å²) in [6.45, 7) is 3.37. The molecular weight excluding hydrogens is 219 g/mol. The zero-order valence-corrected chi connectivity index (χ0v) is 8.34. The molecule has 5 heteroatoms. The van der Waals surface area contributed by atoms with Gasteiger partial charge >= 0.3 is 6.18 Å². The summed E-state index contributed by atoms with van der Waals surface area (Å²) >= 11 is 0. The number of benzene rings is 1. The zero-order valence-electron chi connectivity index (χ0n) is 8.34. The first kappa shape index (κ1) is 12.3. The van der Waals surface area contributed by atoms with Crippen molar-refractivity contribution in [3.8, 4) is 5.75 Å². The second-order valence-electron chi connectivity index (χ2n) is 3.00. The normalized spacial score (nSPS) is 10.9. The zero-order chi connectivity index (χ0) is 12.2. The molecular formula is C11H10F3NO. The summed E-state index contributed by atoms with van der Waals surface area (Å²) < 4.78 is 42.7. The van der Waals surface area contributed by atoms with Gasteiger partial charge in [0.15, 0.2) is 0 Å². The Morgan fingerprint density at radius 2 is 2.06 bits per heavy atom. The van der Waals surface area contributed by atoms with E-state index in [0.717, 1.165) is 12.3 Å². The molecule has 0 bridgehead atoms. The van der Waals surface area contributed by atoms with Gasteiger partial charge in [0.05, 0.1) is 5.56 Å². The van der Waals surface area contributed by atoms with Gasteiger partial charge in [-0.25, -0.2) is 0 Å². The summed E-state index contributed by atoms with van der Waals surface area (Å²) in [6.07, 6.45) is -2.27. The molecule has 1 aromatic carbocycles. The first-order chi connectivity index (χ1) is 7.49. The average molecular weight is 229 g/mol. The van der Waals surface area contributed by atoms with Crippen LogP contribution >= 0.6 is 0 Å². The minimum absolute atomic E-state index is 0.00696. The van der Waals surface area contributed by atoms with Crippen LogP contribution in [0, 0.1) is 5.41 Å². The molecule has 0 saturated carbocycles. The summed E-state index contributed by atoms with van der Waals surface area (Å²) in [5.74, 6) is -0.252. The molecule has 0 unspecified atom stereocenters. The molecule has 0 fully saturated rings. The molecule has 0 heterocycles. The maximum Gasteiger partial charge on any atom is 0.419 e. The number of ether oxygens (including phenoxy) is 1. The molecule has 0 aliphatic carbocycles. The first-order valence-electron chi connectivity index (χ1n) is 4.44. The lowest BCUT2D eigenvalue weighted by Crippen LogP contribution is -2.09. The van der Waals surface area contributed by atoms with Gasteiger partial charge in [0, 0.05) is 6.21 Å². The molecule has 0 aliphatic rings. The lowest BCUT2D eigenvalue weighted by molar-refractivity contribution is -0.138. The van der Waals surface area contributed by atoms with Gasteiger partial charge in [-0.05, 0) is 23.8 Å². The smallest absolute Gasteiger partial charge is 0.419 e. The van der Waals surface area contributed by atoms with E-state index in [1.165, 1.54) is 18.2 Å². The molecule has 0 aromatic heterocycles. The Labute approximate surface area is 90.9 Å². The van der Waals surface area contributed by atoms with Gasteiger partial charge in [0.2, 0.25) is 0 Å². The number of halogens is 3. The van der Waals surface area contributed by atoms with Crippen LogP contribution < -0.4 is 4.74 Å². The number of nitrogens with one attached hydrogen (secondary N) is 1. The second kappa shape index (κ2) is 4.83. The summed E-state index contributed by atoms with van der Waals surface area (Å²) in [6, 6.07) is 3.47. The lowest BCUT2D eigenvalue weighted by Gasteiger charge is -2.13. The summed E-state index contributed by atoms with van der Waals surface area (Å²) in [5, 5.41) is 6.90. The largest absolute Gasteiger partial charge is 0.489 e. The van der Waals surface area contributed by atoms with E-state index in [9.17, 15) is 13.2 Å². The van der Waals surface area contributed by atoms with E-state index in [0.29, 0.717) is 0 Å². The van der Waals surface area contributed by atoms with Crippen LogP contribution in [-0.2, 0) is 6.18 Å². The van der Waals surface area contributed by atoms with Crippen LogP contribution in [0.1, 0.15) is 11.1 Å². The summed E-state index contributed by atoms with van der Waals surface area (Å²) in [4.78, 5) is 0. The Hall–Kier alpha value is -1.78. The van der Waals surface area contributed by atoms with Crippen LogP contribution in [0.4, 0.5) is 13.2 Å². The molecule has 1 aromatic rings.